The lowest BCUT2D eigenvalue weighted by Crippen LogP contribution is -2.39. The van der Waals surface area contributed by atoms with Crippen molar-refractivity contribution in [2.45, 2.75) is 46.0 Å². The van der Waals surface area contributed by atoms with Gasteiger partial charge in [0.05, 0.1) is 6.61 Å². The van der Waals surface area contributed by atoms with Crippen LogP contribution in [0.5, 0.6) is 5.75 Å². The SMILES string of the molecule is CC1CC(C)CN(CCCCNC(=O)CCCOc2ccc(Cl)cc2)C1. The highest BCUT2D eigenvalue weighted by molar-refractivity contribution is 6.30. The molecule has 0 saturated carbocycles. The van der Waals surface area contributed by atoms with Crippen molar-refractivity contribution in [3.63, 3.8) is 0 Å². The van der Waals surface area contributed by atoms with Gasteiger partial charge in [0.25, 0.3) is 0 Å². The van der Waals surface area contributed by atoms with Crippen molar-refractivity contribution in [2.24, 2.45) is 11.8 Å². The van der Waals surface area contributed by atoms with Crippen LogP contribution in [0.2, 0.25) is 5.02 Å². The first-order valence-electron chi connectivity index (χ1n) is 9.90. The van der Waals surface area contributed by atoms with Gasteiger partial charge in [-0.15, -0.1) is 0 Å². The number of benzene rings is 1. The number of amides is 1. The van der Waals surface area contributed by atoms with Crippen molar-refractivity contribution in [3.05, 3.63) is 29.3 Å². The Morgan fingerprint density at radius 2 is 1.85 bits per heavy atom. The number of ether oxygens (including phenoxy) is 1. The molecular formula is C21H33ClN2O2. The van der Waals surface area contributed by atoms with Gasteiger partial charge in [-0.25, -0.2) is 0 Å². The third-order valence-corrected chi connectivity index (χ3v) is 5.05. The van der Waals surface area contributed by atoms with Crippen molar-refractivity contribution in [1.29, 1.82) is 0 Å². The Balaban J connectivity index is 1.45. The summed E-state index contributed by atoms with van der Waals surface area (Å²) in [5.74, 6) is 2.53. The molecule has 1 aromatic carbocycles. The molecular weight excluding hydrogens is 348 g/mol. The monoisotopic (exact) mass is 380 g/mol. The first-order chi connectivity index (χ1) is 12.5. The highest BCUT2D eigenvalue weighted by Crippen LogP contribution is 2.21. The molecule has 0 spiro atoms. The normalized spacial score (nSPS) is 20.7. The predicted molar refractivity (Wildman–Crippen MR) is 108 cm³/mol. The van der Waals surface area contributed by atoms with Gasteiger partial charge in [0, 0.05) is 31.1 Å². The Bertz CT molecular complexity index is 525. The molecule has 1 aliphatic heterocycles. The summed E-state index contributed by atoms with van der Waals surface area (Å²) in [5.41, 5.74) is 0. The zero-order chi connectivity index (χ0) is 18.8. The quantitative estimate of drug-likeness (QED) is 0.612. The van der Waals surface area contributed by atoms with Gasteiger partial charge in [0.1, 0.15) is 5.75 Å². The van der Waals surface area contributed by atoms with Crippen LogP contribution in [-0.4, -0.2) is 43.6 Å². The number of hydrogen-bond donors (Lipinski definition) is 1. The maximum atomic E-state index is 11.9. The number of rotatable bonds is 10. The Kier molecular flexibility index (Phi) is 9.27. The second-order valence-electron chi connectivity index (χ2n) is 7.67. The fraction of sp³-hybridized carbons (Fsp3) is 0.667. The minimum Gasteiger partial charge on any atom is -0.494 e. The van der Waals surface area contributed by atoms with Gasteiger partial charge in [0.15, 0.2) is 0 Å². The third kappa shape index (κ3) is 8.41. The van der Waals surface area contributed by atoms with E-state index in [2.05, 4.69) is 24.1 Å². The van der Waals surface area contributed by atoms with Gasteiger partial charge in [-0.3, -0.25) is 4.79 Å². The fourth-order valence-corrected chi connectivity index (χ4v) is 3.83. The molecule has 26 heavy (non-hydrogen) atoms. The Morgan fingerprint density at radius 3 is 2.54 bits per heavy atom. The first-order valence-corrected chi connectivity index (χ1v) is 10.3. The highest BCUT2D eigenvalue weighted by Gasteiger charge is 2.20. The van der Waals surface area contributed by atoms with E-state index in [-0.39, 0.29) is 5.91 Å². The fourth-order valence-electron chi connectivity index (χ4n) is 3.70. The largest absolute Gasteiger partial charge is 0.494 e. The molecule has 1 fully saturated rings. The number of carbonyl (C=O) groups is 1. The molecule has 1 aliphatic rings. The van der Waals surface area contributed by atoms with E-state index in [1.54, 1.807) is 12.1 Å². The van der Waals surface area contributed by atoms with Gasteiger partial charge >= 0.3 is 0 Å². The van der Waals surface area contributed by atoms with Crippen molar-refractivity contribution >= 4 is 17.5 Å². The van der Waals surface area contributed by atoms with E-state index in [0.717, 1.165) is 49.9 Å². The molecule has 1 aromatic rings. The minimum atomic E-state index is 0.116. The molecule has 5 heteroatoms. The number of nitrogens with one attached hydrogen (secondary N) is 1. The summed E-state index contributed by atoms with van der Waals surface area (Å²) in [6.07, 6.45) is 4.78. The highest BCUT2D eigenvalue weighted by atomic mass is 35.5. The standard InChI is InChI=1S/C21H33ClN2O2/c1-17-14-18(2)16-24(15-17)12-4-3-11-23-21(25)6-5-13-26-20-9-7-19(22)8-10-20/h7-10,17-18H,3-6,11-16H2,1-2H3,(H,23,25). The van der Waals surface area contributed by atoms with Crippen molar-refractivity contribution in [2.75, 3.05) is 32.8 Å². The zero-order valence-electron chi connectivity index (χ0n) is 16.2. The lowest BCUT2D eigenvalue weighted by molar-refractivity contribution is -0.121. The van der Waals surface area contributed by atoms with Crippen LogP contribution in [0.25, 0.3) is 0 Å². The van der Waals surface area contributed by atoms with Crippen LogP contribution in [-0.2, 0) is 4.79 Å². The van der Waals surface area contributed by atoms with Crippen molar-refractivity contribution in [1.82, 2.24) is 10.2 Å². The molecule has 4 nitrogen and oxygen atoms in total. The van der Waals surface area contributed by atoms with Gasteiger partial charge in [-0.05, 0) is 68.3 Å². The zero-order valence-corrected chi connectivity index (χ0v) is 16.9. The summed E-state index contributed by atoms with van der Waals surface area (Å²) in [6, 6.07) is 7.28. The van der Waals surface area contributed by atoms with Crippen LogP contribution in [0.15, 0.2) is 24.3 Å². The molecule has 1 heterocycles. The topological polar surface area (TPSA) is 41.6 Å². The average molecular weight is 381 g/mol. The van der Waals surface area contributed by atoms with E-state index < -0.39 is 0 Å². The second-order valence-corrected chi connectivity index (χ2v) is 8.11. The molecule has 2 atom stereocenters. The van der Waals surface area contributed by atoms with Crippen molar-refractivity contribution < 1.29 is 9.53 Å². The molecule has 1 saturated heterocycles. The number of nitrogens with zero attached hydrogens (tertiary/aromatic N) is 1. The summed E-state index contributed by atoms with van der Waals surface area (Å²) >= 11 is 5.83. The van der Waals surface area contributed by atoms with Crippen LogP contribution in [0.4, 0.5) is 0 Å². The van der Waals surface area contributed by atoms with E-state index in [9.17, 15) is 4.79 Å². The number of piperidine rings is 1. The Morgan fingerprint density at radius 1 is 1.15 bits per heavy atom. The molecule has 0 radical (unpaired) electrons. The van der Waals surface area contributed by atoms with E-state index >= 15 is 0 Å². The van der Waals surface area contributed by atoms with E-state index in [1.165, 1.54) is 19.5 Å². The Hall–Kier alpha value is -1.26. The van der Waals surface area contributed by atoms with Crippen LogP contribution >= 0.6 is 11.6 Å². The molecule has 1 N–H and O–H groups in total. The van der Waals surface area contributed by atoms with Gasteiger partial charge in [0.2, 0.25) is 5.91 Å². The number of likely N-dealkylation sites (tertiary alicyclic amines) is 1. The number of halogens is 1. The maximum absolute atomic E-state index is 11.9. The molecule has 1 amide bonds. The summed E-state index contributed by atoms with van der Waals surface area (Å²) < 4.78 is 5.59. The minimum absolute atomic E-state index is 0.116. The molecule has 0 bridgehead atoms. The Labute approximate surface area is 163 Å². The van der Waals surface area contributed by atoms with Gasteiger partial charge in [-0.2, -0.15) is 0 Å². The number of hydrogen-bond acceptors (Lipinski definition) is 3. The van der Waals surface area contributed by atoms with Crippen LogP contribution < -0.4 is 10.1 Å². The third-order valence-electron chi connectivity index (χ3n) is 4.80. The predicted octanol–water partition coefficient (Wildman–Crippen LogP) is 4.37. The summed E-state index contributed by atoms with van der Waals surface area (Å²) in [5, 5.41) is 3.71. The van der Waals surface area contributed by atoms with E-state index in [0.29, 0.717) is 18.1 Å². The number of unbranched alkanes of at least 4 members (excludes halogenated alkanes) is 1. The van der Waals surface area contributed by atoms with Crippen LogP contribution in [0.3, 0.4) is 0 Å². The van der Waals surface area contributed by atoms with Crippen molar-refractivity contribution in [3.8, 4) is 5.75 Å². The van der Waals surface area contributed by atoms with Crippen LogP contribution in [0.1, 0.15) is 46.0 Å². The molecule has 2 unspecified atom stereocenters. The van der Waals surface area contributed by atoms with Crippen LogP contribution in [0, 0.1) is 11.8 Å². The van der Waals surface area contributed by atoms with E-state index in [4.69, 9.17) is 16.3 Å². The van der Waals surface area contributed by atoms with E-state index in [1.807, 2.05) is 12.1 Å². The average Bonchev–Trinajstić information content (AvgIpc) is 2.59. The summed E-state index contributed by atoms with van der Waals surface area (Å²) in [7, 11) is 0. The number of carbonyl (C=O) groups excluding carboxylic acids is 1. The maximum Gasteiger partial charge on any atom is 0.220 e. The lowest BCUT2D eigenvalue weighted by atomic mass is 9.92. The second kappa shape index (κ2) is 11.5. The molecule has 0 aliphatic carbocycles. The summed E-state index contributed by atoms with van der Waals surface area (Å²) in [4.78, 5) is 14.4. The smallest absolute Gasteiger partial charge is 0.220 e. The molecule has 0 aromatic heterocycles. The summed E-state index contributed by atoms with van der Waals surface area (Å²) in [6.45, 7) is 9.61. The van der Waals surface area contributed by atoms with Gasteiger partial charge in [-0.1, -0.05) is 25.4 Å². The first kappa shape index (κ1) is 21.0. The molecule has 146 valence electrons. The molecule has 2 rings (SSSR count). The lowest BCUT2D eigenvalue weighted by Gasteiger charge is -2.34. The van der Waals surface area contributed by atoms with Gasteiger partial charge < -0.3 is 15.0 Å².